The molecule has 4 aromatic rings. The zero-order chi connectivity index (χ0) is 20.2. The Kier molecular flexibility index (Phi) is 5.48. The van der Waals surface area contributed by atoms with E-state index in [1.165, 1.54) is 59.9 Å². The van der Waals surface area contributed by atoms with Crippen molar-refractivity contribution in [2.45, 2.75) is 44.6 Å². The molecule has 0 radical (unpaired) electrons. The lowest BCUT2D eigenvalue weighted by molar-refractivity contribution is 0.463. The number of nitrogens with zero attached hydrogens (tertiary/aromatic N) is 1. The summed E-state index contributed by atoms with van der Waals surface area (Å²) in [4.78, 5) is 5.16. The van der Waals surface area contributed by atoms with Crippen LogP contribution in [0.1, 0.15) is 43.4 Å². The molecule has 150 valence electrons. The third-order valence-electron chi connectivity index (χ3n) is 6.20. The lowest BCUT2D eigenvalue weighted by Crippen LogP contribution is -2.23. The van der Waals surface area contributed by atoms with E-state index in [-0.39, 0.29) is 0 Å². The summed E-state index contributed by atoms with van der Waals surface area (Å²) in [6, 6.07) is 30.6. The summed E-state index contributed by atoms with van der Waals surface area (Å²) < 4.78 is 0. The van der Waals surface area contributed by atoms with Gasteiger partial charge in [0.15, 0.2) is 0 Å². The van der Waals surface area contributed by atoms with E-state index >= 15 is 0 Å². The first kappa shape index (κ1) is 18.9. The Morgan fingerprint density at radius 1 is 0.733 bits per heavy atom. The molecule has 1 aliphatic carbocycles. The molecular weight excluding hydrogens is 364 g/mol. The van der Waals surface area contributed by atoms with E-state index in [1.807, 2.05) is 0 Å². The topological polar surface area (TPSA) is 24.9 Å². The van der Waals surface area contributed by atoms with Gasteiger partial charge in [0.25, 0.3) is 0 Å². The van der Waals surface area contributed by atoms with Crippen LogP contribution in [0.15, 0.2) is 84.9 Å². The average molecular weight is 393 g/mol. The van der Waals surface area contributed by atoms with Crippen LogP contribution in [-0.2, 0) is 6.42 Å². The average Bonchev–Trinajstić information content (AvgIpc) is 2.81. The number of anilines is 1. The predicted octanol–water partition coefficient (Wildman–Crippen LogP) is 7.24. The smallest absolute Gasteiger partial charge is 0.0726 e. The molecule has 1 aromatic heterocycles. The minimum Gasteiger partial charge on any atom is -0.381 e. The highest BCUT2D eigenvalue weighted by atomic mass is 14.9. The van der Waals surface area contributed by atoms with Crippen molar-refractivity contribution in [1.82, 2.24) is 4.98 Å². The fourth-order valence-electron chi connectivity index (χ4n) is 4.70. The first-order valence-electron chi connectivity index (χ1n) is 11.2. The Morgan fingerprint density at radius 2 is 1.40 bits per heavy atom. The van der Waals surface area contributed by atoms with Crippen molar-refractivity contribution < 1.29 is 0 Å². The number of aromatic nitrogens is 1. The monoisotopic (exact) mass is 392 g/mol. The van der Waals surface area contributed by atoms with Gasteiger partial charge in [0.1, 0.15) is 0 Å². The predicted molar refractivity (Wildman–Crippen MR) is 127 cm³/mol. The Hall–Kier alpha value is -3.13. The molecule has 2 heteroatoms. The van der Waals surface area contributed by atoms with Crippen LogP contribution in [0.5, 0.6) is 0 Å². The van der Waals surface area contributed by atoms with Crippen molar-refractivity contribution in [2.24, 2.45) is 0 Å². The van der Waals surface area contributed by atoms with Gasteiger partial charge in [0.05, 0.1) is 16.9 Å². The lowest BCUT2D eigenvalue weighted by atomic mass is 9.92. The second kappa shape index (κ2) is 8.71. The quantitative estimate of drug-likeness (QED) is 0.387. The van der Waals surface area contributed by atoms with Crippen LogP contribution in [-0.4, -0.2) is 11.0 Å². The molecule has 2 nitrogen and oxygen atoms in total. The first-order valence-corrected chi connectivity index (χ1v) is 11.2. The van der Waals surface area contributed by atoms with Gasteiger partial charge in [-0.05, 0) is 30.0 Å². The SMILES string of the molecule is c1ccc(Cc2nc3ccccc3c(NC3CCCCC3)c2-c2ccccc2)cc1. The van der Waals surface area contributed by atoms with Crippen molar-refractivity contribution in [3.63, 3.8) is 0 Å². The molecule has 0 bridgehead atoms. The summed E-state index contributed by atoms with van der Waals surface area (Å²) in [7, 11) is 0. The number of rotatable bonds is 5. The molecule has 1 fully saturated rings. The van der Waals surface area contributed by atoms with E-state index in [2.05, 4.69) is 90.2 Å². The Labute approximate surface area is 179 Å². The Balaban J connectivity index is 1.71. The third-order valence-corrected chi connectivity index (χ3v) is 6.20. The highest BCUT2D eigenvalue weighted by Crippen LogP contribution is 2.39. The second-order valence-corrected chi connectivity index (χ2v) is 8.33. The normalized spacial score (nSPS) is 14.7. The summed E-state index contributed by atoms with van der Waals surface area (Å²) in [6.45, 7) is 0. The van der Waals surface area contributed by atoms with E-state index in [0.29, 0.717) is 6.04 Å². The summed E-state index contributed by atoms with van der Waals surface area (Å²) in [6.07, 6.45) is 7.32. The van der Waals surface area contributed by atoms with Crippen LogP contribution >= 0.6 is 0 Å². The molecule has 0 amide bonds. The van der Waals surface area contributed by atoms with E-state index in [0.717, 1.165) is 17.6 Å². The molecular formula is C28H28N2. The summed E-state index contributed by atoms with van der Waals surface area (Å²) in [5.41, 5.74) is 7.25. The maximum absolute atomic E-state index is 5.16. The number of hydrogen-bond acceptors (Lipinski definition) is 2. The largest absolute Gasteiger partial charge is 0.381 e. The summed E-state index contributed by atoms with van der Waals surface area (Å²) in [5.74, 6) is 0. The Bertz CT molecular complexity index is 1110. The molecule has 3 aromatic carbocycles. The van der Waals surface area contributed by atoms with Gasteiger partial charge in [-0.25, -0.2) is 0 Å². The molecule has 0 unspecified atom stereocenters. The minimum absolute atomic E-state index is 0.539. The van der Waals surface area contributed by atoms with Gasteiger partial charge < -0.3 is 5.32 Å². The van der Waals surface area contributed by atoms with Crippen LogP contribution in [0, 0.1) is 0 Å². The number of fused-ring (bicyclic) bond motifs is 1. The van der Waals surface area contributed by atoms with Crippen molar-refractivity contribution in [2.75, 3.05) is 5.32 Å². The molecule has 0 aliphatic heterocycles. The molecule has 0 spiro atoms. The first-order chi connectivity index (χ1) is 14.9. The molecule has 1 N–H and O–H groups in total. The number of para-hydroxylation sites is 1. The highest BCUT2D eigenvalue weighted by Gasteiger charge is 2.21. The van der Waals surface area contributed by atoms with Crippen LogP contribution in [0.2, 0.25) is 0 Å². The molecule has 1 aliphatic rings. The van der Waals surface area contributed by atoms with Gasteiger partial charge in [0.2, 0.25) is 0 Å². The van der Waals surface area contributed by atoms with Gasteiger partial charge in [-0.3, -0.25) is 4.98 Å². The van der Waals surface area contributed by atoms with Crippen molar-refractivity contribution in [1.29, 1.82) is 0 Å². The fraction of sp³-hybridized carbons (Fsp3) is 0.250. The van der Waals surface area contributed by atoms with Crippen LogP contribution in [0.4, 0.5) is 5.69 Å². The van der Waals surface area contributed by atoms with Crippen LogP contribution in [0.25, 0.3) is 22.0 Å². The van der Waals surface area contributed by atoms with Gasteiger partial charge in [0, 0.05) is 23.4 Å². The minimum atomic E-state index is 0.539. The highest BCUT2D eigenvalue weighted by molar-refractivity contribution is 6.00. The summed E-state index contributed by atoms with van der Waals surface area (Å²) in [5, 5.41) is 5.20. The van der Waals surface area contributed by atoms with Crippen LogP contribution in [0.3, 0.4) is 0 Å². The molecule has 1 saturated carbocycles. The number of hydrogen-bond donors (Lipinski definition) is 1. The lowest BCUT2D eigenvalue weighted by Gasteiger charge is -2.27. The van der Waals surface area contributed by atoms with Gasteiger partial charge >= 0.3 is 0 Å². The third kappa shape index (κ3) is 3.95. The van der Waals surface area contributed by atoms with Gasteiger partial charge in [-0.2, -0.15) is 0 Å². The van der Waals surface area contributed by atoms with E-state index in [9.17, 15) is 0 Å². The standard InChI is InChI=1S/C28H28N2/c1-4-12-21(13-5-1)20-26-27(22-14-6-2-7-15-22)28(29-23-16-8-3-9-17-23)24-18-10-11-19-25(24)30-26/h1-2,4-7,10-15,18-19,23H,3,8-9,16-17,20H2,(H,29,30). The zero-order valence-corrected chi connectivity index (χ0v) is 17.4. The fourth-order valence-corrected chi connectivity index (χ4v) is 4.70. The van der Waals surface area contributed by atoms with E-state index in [1.54, 1.807) is 0 Å². The number of benzene rings is 3. The number of nitrogens with one attached hydrogen (secondary N) is 1. The van der Waals surface area contributed by atoms with Crippen molar-refractivity contribution in [3.8, 4) is 11.1 Å². The maximum Gasteiger partial charge on any atom is 0.0726 e. The van der Waals surface area contributed by atoms with E-state index < -0.39 is 0 Å². The zero-order valence-electron chi connectivity index (χ0n) is 17.4. The maximum atomic E-state index is 5.16. The molecule has 5 rings (SSSR count). The molecule has 0 atom stereocenters. The molecule has 1 heterocycles. The van der Waals surface area contributed by atoms with E-state index in [4.69, 9.17) is 4.98 Å². The molecule has 0 saturated heterocycles. The number of pyridine rings is 1. The van der Waals surface area contributed by atoms with Crippen LogP contribution < -0.4 is 5.32 Å². The van der Waals surface area contributed by atoms with Crippen molar-refractivity contribution >= 4 is 16.6 Å². The van der Waals surface area contributed by atoms with Crippen molar-refractivity contribution in [3.05, 3.63) is 96.2 Å². The second-order valence-electron chi connectivity index (χ2n) is 8.33. The van der Waals surface area contributed by atoms with Gasteiger partial charge in [-0.1, -0.05) is 98.1 Å². The summed E-state index contributed by atoms with van der Waals surface area (Å²) >= 11 is 0. The Morgan fingerprint density at radius 3 is 2.17 bits per heavy atom. The van der Waals surface area contributed by atoms with Gasteiger partial charge in [-0.15, -0.1) is 0 Å². The molecule has 30 heavy (non-hydrogen) atoms.